The number of nitrogens with zero attached hydrogens (tertiary/aromatic N) is 2. The molecule has 1 spiro atoms. The Hall–Kier alpha value is -3.35. The van der Waals surface area contributed by atoms with Gasteiger partial charge in [0, 0.05) is 25.3 Å². The fourth-order valence-corrected chi connectivity index (χ4v) is 3.82. The summed E-state index contributed by atoms with van der Waals surface area (Å²) < 4.78 is 0. The SMILES string of the molecule is CNC(=O)CN1c2ccccc2C(=O)N(C)[C@]12C(=O)Nc1ccccc12. The molecule has 26 heavy (non-hydrogen) atoms. The van der Waals surface area contributed by atoms with Gasteiger partial charge in [0.2, 0.25) is 11.6 Å². The minimum Gasteiger partial charge on any atom is -0.358 e. The lowest BCUT2D eigenvalue weighted by molar-refractivity contribution is -0.126. The zero-order valence-corrected chi connectivity index (χ0v) is 14.4. The molecule has 0 radical (unpaired) electrons. The number of carbonyl (C=O) groups is 3. The molecule has 0 saturated heterocycles. The van der Waals surface area contributed by atoms with Crippen LogP contribution in [0.3, 0.4) is 0 Å². The lowest BCUT2D eigenvalue weighted by atomic mass is 9.91. The second-order valence-corrected chi connectivity index (χ2v) is 6.31. The molecule has 2 aromatic carbocycles. The summed E-state index contributed by atoms with van der Waals surface area (Å²) in [6.07, 6.45) is 0. The Morgan fingerprint density at radius 1 is 1.12 bits per heavy atom. The molecule has 132 valence electrons. The van der Waals surface area contributed by atoms with E-state index in [1.165, 1.54) is 4.90 Å². The summed E-state index contributed by atoms with van der Waals surface area (Å²) in [4.78, 5) is 41.6. The van der Waals surface area contributed by atoms with E-state index in [0.29, 0.717) is 22.5 Å². The highest BCUT2D eigenvalue weighted by Gasteiger charge is 2.59. The number of rotatable bonds is 2. The summed E-state index contributed by atoms with van der Waals surface area (Å²) >= 11 is 0. The third-order valence-electron chi connectivity index (χ3n) is 5.05. The first-order chi connectivity index (χ1) is 12.5. The predicted molar refractivity (Wildman–Crippen MR) is 96.7 cm³/mol. The molecule has 3 amide bonds. The molecule has 4 rings (SSSR count). The monoisotopic (exact) mass is 350 g/mol. The predicted octanol–water partition coefficient (Wildman–Crippen LogP) is 1.13. The van der Waals surface area contributed by atoms with E-state index in [0.717, 1.165) is 0 Å². The van der Waals surface area contributed by atoms with E-state index in [9.17, 15) is 14.4 Å². The summed E-state index contributed by atoms with van der Waals surface area (Å²) in [6, 6.07) is 14.3. The van der Waals surface area contributed by atoms with E-state index >= 15 is 0 Å². The molecule has 7 heteroatoms. The van der Waals surface area contributed by atoms with Crippen LogP contribution in [0.5, 0.6) is 0 Å². The second kappa shape index (κ2) is 5.59. The van der Waals surface area contributed by atoms with Crippen molar-refractivity contribution < 1.29 is 14.4 Å². The van der Waals surface area contributed by atoms with Crippen molar-refractivity contribution >= 4 is 29.1 Å². The second-order valence-electron chi connectivity index (χ2n) is 6.31. The fraction of sp³-hybridized carbons (Fsp3) is 0.211. The van der Waals surface area contributed by atoms with Gasteiger partial charge in [-0.15, -0.1) is 0 Å². The van der Waals surface area contributed by atoms with Gasteiger partial charge in [0.25, 0.3) is 11.8 Å². The van der Waals surface area contributed by atoms with E-state index in [-0.39, 0.29) is 24.3 Å². The highest BCUT2D eigenvalue weighted by molar-refractivity contribution is 6.15. The lowest BCUT2D eigenvalue weighted by Crippen LogP contribution is -2.66. The Balaban J connectivity index is 2.02. The topological polar surface area (TPSA) is 81.8 Å². The fourth-order valence-electron chi connectivity index (χ4n) is 3.82. The van der Waals surface area contributed by atoms with Crippen LogP contribution in [0.25, 0.3) is 0 Å². The molecule has 2 aromatic rings. The number of anilines is 2. The number of benzene rings is 2. The maximum atomic E-state index is 13.2. The van der Waals surface area contributed by atoms with Gasteiger partial charge in [-0.25, -0.2) is 0 Å². The quantitative estimate of drug-likeness (QED) is 0.851. The summed E-state index contributed by atoms with van der Waals surface area (Å²) in [7, 11) is 3.14. The largest absolute Gasteiger partial charge is 0.358 e. The van der Waals surface area contributed by atoms with Crippen molar-refractivity contribution in [2.45, 2.75) is 5.66 Å². The molecular weight excluding hydrogens is 332 g/mol. The minimum atomic E-state index is -1.41. The van der Waals surface area contributed by atoms with Crippen molar-refractivity contribution in [2.24, 2.45) is 0 Å². The van der Waals surface area contributed by atoms with Gasteiger partial charge < -0.3 is 20.4 Å². The third-order valence-corrected chi connectivity index (χ3v) is 5.05. The van der Waals surface area contributed by atoms with E-state index in [1.54, 1.807) is 49.3 Å². The number of hydrogen-bond acceptors (Lipinski definition) is 4. The summed E-state index contributed by atoms with van der Waals surface area (Å²) in [5.74, 6) is -0.868. The van der Waals surface area contributed by atoms with Crippen LogP contribution in [-0.2, 0) is 15.3 Å². The molecule has 2 aliphatic rings. The molecule has 7 nitrogen and oxygen atoms in total. The highest BCUT2D eigenvalue weighted by Crippen LogP contribution is 2.48. The Bertz CT molecular complexity index is 942. The number of fused-ring (bicyclic) bond motifs is 3. The molecule has 2 heterocycles. The molecule has 2 N–H and O–H groups in total. The van der Waals surface area contributed by atoms with Crippen LogP contribution >= 0.6 is 0 Å². The van der Waals surface area contributed by atoms with Gasteiger partial charge in [-0.1, -0.05) is 30.3 Å². The molecule has 1 atom stereocenters. The minimum absolute atomic E-state index is 0.0626. The van der Waals surface area contributed by atoms with E-state index < -0.39 is 5.66 Å². The molecule has 2 aliphatic heterocycles. The van der Waals surface area contributed by atoms with Crippen molar-refractivity contribution in [2.75, 3.05) is 30.9 Å². The average molecular weight is 350 g/mol. The molecule has 0 bridgehead atoms. The van der Waals surface area contributed by atoms with Crippen LogP contribution in [-0.4, -0.2) is 43.3 Å². The number of para-hydroxylation sites is 2. The normalized spacial score (nSPS) is 20.7. The number of nitrogens with one attached hydrogen (secondary N) is 2. The van der Waals surface area contributed by atoms with E-state index in [1.807, 2.05) is 18.2 Å². The summed E-state index contributed by atoms with van der Waals surface area (Å²) in [6.45, 7) is -0.0626. The number of amides is 3. The van der Waals surface area contributed by atoms with Crippen LogP contribution in [0.15, 0.2) is 48.5 Å². The molecule has 0 aromatic heterocycles. The Morgan fingerprint density at radius 3 is 2.58 bits per heavy atom. The molecule has 0 unspecified atom stereocenters. The van der Waals surface area contributed by atoms with Crippen molar-refractivity contribution in [1.82, 2.24) is 10.2 Å². The summed E-state index contributed by atoms with van der Waals surface area (Å²) in [5.41, 5.74) is 0.902. The van der Waals surface area contributed by atoms with Gasteiger partial charge in [0.1, 0.15) is 0 Å². The maximum Gasteiger partial charge on any atom is 0.276 e. The van der Waals surface area contributed by atoms with Crippen LogP contribution in [0.2, 0.25) is 0 Å². The van der Waals surface area contributed by atoms with Crippen LogP contribution < -0.4 is 15.5 Å². The van der Waals surface area contributed by atoms with Crippen molar-refractivity contribution in [1.29, 1.82) is 0 Å². The first kappa shape index (κ1) is 16.1. The highest BCUT2D eigenvalue weighted by atomic mass is 16.2. The van der Waals surface area contributed by atoms with Crippen molar-refractivity contribution in [3.8, 4) is 0 Å². The smallest absolute Gasteiger partial charge is 0.276 e. The maximum absolute atomic E-state index is 13.2. The van der Waals surface area contributed by atoms with E-state index in [4.69, 9.17) is 0 Å². The molecule has 0 saturated carbocycles. The van der Waals surface area contributed by atoms with Crippen molar-refractivity contribution in [3.63, 3.8) is 0 Å². The van der Waals surface area contributed by atoms with Gasteiger partial charge in [-0.2, -0.15) is 0 Å². The van der Waals surface area contributed by atoms with Gasteiger partial charge >= 0.3 is 0 Å². The Labute approximate surface area is 150 Å². The van der Waals surface area contributed by atoms with Gasteiger partial charge in [-0.05, 0) is 18.2 Å². The Kier molecular flexibility index (Phi) is 3.47. The molecular formula is C19H18N4O3. The van der Waals surface area contributed by atoms with E-state index in [2.05, 4.69) is 10.6 Å². The van der Waals surface area contributed by atoms with Crippen LogP contribution in [0.1, 0.15) is 15.9 Å². The number of likely N-dealkylation sites (N-methyl/N-ethyl adjacent to an activating group) is 2. The molecule has 0 aliphatic carbocycles. The number of carbonyl (C=O) groups excluding carboxylic acids is 3. The average Bonchev–Trinajstić information content (AvgIpc) is 2.96. The van der Waals surface area contributed by atoms with Crippen molar-refractivity contribution in [3.05, 3.63) is 59.7 Å². The standard InChI is InChI=1S/C19H18N4O3/c1-20-16(24)11-23-15-10-6-3-7-12(15)17(25)22(2)19(23)13-8-4-5-9-14(13)21-18(19)26/h3-10H,11H2,1-2H3,(H,20,24)(H,21,26)/t19-/m0/s1. The zero-order chi connectivity index (χ0) is 18.5. The number of hydrogen-bond donors (Lipinski definition) is 2. The third kappa shape index (κ3) is 1.91. The lowest BCUT2D eigenvalue weighted by Gasteiger charge is -2.50. The zero-order valence-electron chi connectivity index (χ0n) is 14.4. The van der Waals surface area contributed by atoms with Gasteiger partial charge in [0.05, 0.1) is 17.8 Å². The molecule has 0 fully saturated rings. The first-order valence-electron chi connectivity index (χ1n) is 8.28. The van der Waals surface area contributed by atoms with Crippen LogP contribution in [0.4, 0.5) is 11.4 Å². The van der Waals surface area contributed by atoms with Gasteiger partial charge in [-0.3, -0.25) is 14.4 Å². The Morgan fingerprint density at radius 2 is 1.81 bits per heavy atom. The summed E-state index contributed by atoms with van der Waals surface area (Å²) in [5, 5.41) is 5.45. The first-order valence-corrected chi connectivity index (χ1v) is 8.28. The van der Waals surface area contributed by atoms with Crippen LogP contribution in [0, 0.1) is 0 Å². The van der Waals surface area contributed by atoms with Gasteiger partial charge in [0.15, 0.2) is 0 Å².